The second kappa shape index (κ2) is 8.14. The summed E-state index contributed by atoms with van der Waals surface area (Å²) in [6.07, 6.45) is 1.85. The van der Waals surface area contributed by atoms with E-state index in [2.05, 4.69) is 39.7 Å². The summed E-state index contributed by atoms with van der Waals surface area (Å²) in [4.78, 5) is 16.4. The van der Waals surface area contributed by atoms with Crippen molar-refractivity contribution >= 4 is 22.8 Å². The number of fused-ring (bicyclic) bond motifs is 1. The third kappa shape index (κ3) is 4.11. The van der Waals surface area contributed by atoms with Gasteiger partial charge in [0, 0.05) is 35.6 Å². The zero-order valence-corrected chi connectivity index (χ0v) is 16.3. The molecule has 4 aromatic rings. The number of amides is 1. The first-order valence-electron chi connectivity index (χ1n) is 9.50. The van der Waals surface area contributed by atoms with Gasteiger partial charge in [-0.3, -0.25) is 9.48 Å². The van der Waals surface area contributed by atoms with Crippen LogP contribution in [0.5, 0.6) is 0 Å². The van der Waals surface area contributed by atoms with Crippen molar-refractivity contribution in [2.45, 2.75) is 19.9 Å². The quantitative estimate of drug-likeness (QED) is 0.469. The Balaban J connectivity index is 1.37. The summed E-state index contributed by atoms with van der Waals surface area (Å²) in [5.41, 5.74) is 2.48. The number of rotatable bonds is 7. The normalized spacial score (nSPS) is 11.1. The molecule has 0 radical (unpaired) electrons. The molecule has 0 bridgehead atoms. The highest BCUT2D eigenvalue weighted by Gasteiger charge is 2.12. The predicted octanol–water partition coefficient (Wildman–Crippen LogP) is 3.51. The molecule has 8 nitrogen and oxygen atoms in total. The molecule has 0 unspecified atom stereocenters. The van der Waals surface area contributed by atoms with E-state index in [1.165, 1.54) is 0 Å². The van der Waals surface area contributed by atoms with Crippen LogP contribution in [0.4, 0.5) is 5.95 Å². The van der Waals surface area contributed by atoms with E-state index in [4.69, 9.17) is 4.52 Å². The highest BCUT2D eigenvalue weighted by atomic mass is 16.5. The predicted molar refractivity (Wildman–Crippen MR) is 111 cm³/mol. The fraction of sp³-hybridized carbons (Fsp3) is 0.238. The van der Waals surface area contributed by atoms with Crippen LogP contribution in [0.3, 0.4) is 0 Å². The first-order valence-corrected chi connectivity index (χ1v) is 9.50. The van der Waals surface area contributed by atoms with E-state index < -0.39 is 0 Å². The molecule has 0 fully saturated rings. The van der Waals surface area contributed by atoms with E-state index in [-0.39, 0.29) is 11.9 Å². The molecule has 2 aromatic carbocycles. The van der Waals surface area contributed by atoms with Crippen LogP contribution in [0, 0.1) is 0 Å². The number of nitrogens with one attached hydrogen (secondary N) is 2. The molecule has 2 N–H and O–H groups in total. The Labute approximate surface area is 167 Å². The fourth-order valence-corrected chi connectivity index (χ4v) is 3.04. The maximum Gasteiger partial charge on any atom is 0.263 e. The molecule has 0 spiro atoms. The average molecular weight is 390 g/mol. The zero-order valence-electron chi connectivity index (χ0n) is 16.3. The van der Waals surface area contributed by atoms with Gasteiger partial charge in [-0.1, -0.05) is 24.3 Å². The minimum atomic E-state index is -0.115. The Hall–Kier alpha value is -3.68. The molecule has 4 rings (SSSR count). The van der Waals surface area contributed by atoms with E-state index in [0.717, 1.165) is 16.5 Å². The van der Waals surface area contributed by atoms with Crippen LogP contribution >= 0.6 is 0 Å². The van der Waals surface area contributed by atoms with Crippen molar-refractivity contribution in [2.24, 2.45) is 0 Å². The summed E-state index contributed by atoms with van der Waals surface area (Å²) < 4.78 is 7.35. The van der Waals surface area contributed by atoms with E-state index in [1.54, 1.807) is 12.1 Å². The smallest absolute Gasteiger partial charge is 0.263 e. The maximum absolute atomic E-state index is 12.0. The number of carbonyl (C=O) groups excluding carboxylic acids is 1. The highest BCUT2D eigenvalue weighted by molar-refractivity contribution is 5.94. The van der Waals surface area contributed by atoms with E-state index in [1.807, 2.05) is 47.3 Å². The van der Waals surface area contributed by atoms with Gasteiger partial charge in [0.15, 0.2) is 0 Å². The van der Waals surface area contributed by atoms with Crippen molar-refractivity contribution in [3.05, 3.63) is 60.3 Å². The molecular weight excluding hydrogens is 368 g/mol. The van der Waals surface area contributed by atoms with Crippen LogP contribution in [0.1, 0.15) is 30.2 Å². The van der Waals surface area contributed by atoms with Gasteiger partial charge < -0.3 is 15.2 Å². The third-order valence-corrected chi connectivity index (χ3v) is 4.49. The van der Waals surface area contributed by atoms with Crippen LogP contribution in [0.25, 0.3) is 22.4 Å². The van der Waals surface area contributed by atoms with Gasteiger partial charge in [-0.05, 0) is 43.3 Å². The second-order valence-corrected chi connectivity index (χ2v) is 6.93. The first kappa shape index (κ1) is 18.7. The van der Waals surface area contributed by atoms with Gasteiger partial charge in [-0.25, -0.2) is 0 Å². The fourth-order valence-electron chi connectivity index (χ4n) is 3.04. The van der Waals surface area contributed by atoms with Crippen LogP contribution in [-0.2, 0) is 0 Å². The lowest BCUT2D eigenvalue weighted by Gasteiger charge is -2.07. The number of benzene rings is 2. The minimum absolute atomic E-state index is 0.115. The van der Waals surface area contributed by atoms with E-state index in [9.17, 15) is 4.79 Å². The number of aromatic nitrogens is 4. The van der Waals surface area contributed by atoms with Crippen LogP contribution in [0.15, 0.2) is 59.3 Å². The van der Waals surface area contributed by atoms with Gasteiger partial charge in [0.1, 0.15) is 0 Å². The average Bonchev–Trinajstić information content (AvgIpc) is 3.38. The molecule has 1 amide bonds. The lowest BCUT2D eigenvalue weighted by Crippen LogP contribution is -2.28. The van der Waals surface area contributed by atoms with Gasteiger partial charge in [0.05, 0.1) is 11.7 Å². The molecule has 148 valence electrons. The summed E-state index contributed by atoms with van der Waals surface area (Å²) in [6.45, 7) is 5.10. The first-order chi connectivity index (χ1) is 14.1. The zero-order chi connectivity index (χ0) is 20.2. The van der Waals surface area contributed by atoms with Gasteiger partial charge in [-0.2, -0.15) is 10.1 Å². The van der Waals surface area contributed by atoms with E-state index >= 15 is 0 Å². The number of anilines is 1. The van der Waals surface area contributed by atoms with Gasteiger partial charge in [-0.15, -0.1) is 0 Å². The maximum atomic E-state index is 12.0. The monoisotopic (exact) mass is 390 g/mol. The largest absolute Gasteiger partial charge is 0.350 e. The molecule has 0 aliphatic carbocycles. The van der Waals surface area contributed by atoms with Crippen molar-refractivity contribution in [1.82, 2.24) is 25.2 Å². The van der Waals surface area contributed by atoms with Gasteiger partial charge in [0.25, 0.3) is 17.7 Å². The molecule has 0 atom stereocenters. The Kier molecular flexibility index (Phi) is 5.24. The molecule has 0 saturated carbocycles. The van der Waals surface area contributed by atoms with Crippen LogP contribution in [0.2, 0.25) is 0 Å². The number of hydrogen-bond acceptors (Lipinski definition) is 6. The number of nitrogens with zero attached hydrogens (tertiary/aromatic N) is 4. The second-order valence-electron chi connectivity index (χ2n) is 6.93. The van der Waals surface area contributed by atoms with Crippen molar-refractivity contribution in [3.8, 4) is 11.5 Å². The minimum Gasteiger partial charge on any atom is -0.350 e. The Bertz CT molecular complexity index is 1120. The summed E-state index contributed by atoms with van der Waals surface area (Å²) in [5, 5.41) is 15.3. The molecule has 0 aliphatic rings. The van der Waals surface area contributed by atoms with Gasteiger partial charge >= 0.3 is 0 Å². The van der Waals surface area contributed by atoms with Crippen molar-refractivity contribution in [3.63, 3.8) is 0 Å². The molecule has 0 aliphatic heterocycles. The molecule has 29 heavy (non-hydrogen) atoms. The Morgan fingerprint density at radius 3 is 2.76 bits per heavy atom. The molecule has 0 saturated heterocycles. The Morgan fingerprint density at radius 1 is 1.14 bits per heavy atom. The lowest BCUT2D eigenvalue weighted by molar-refractivity contribution is 0.0955. The standard InChI is InChI=1S/C21H22N6O2/c1-14(2)27-18-12-16(8-9-17(18)13-24-27)20-25-21(26-29-20)23-11-10-22-19(28)15-6-4-3-5-7-15/h3-9,12-14H,10-11H2,1-2H3,(H,22,28)(H,23,26). The molecule has 2 heterocycles. The Morgan fingerprint density at radius 2 is 1.97 bits per heavy atom. The summed E-state index contributed by atoms with van der Waals surface area (Å²) >= 11 is 0. The summed E-state index contributed by atoms with van der Waals surface area (Å²) in [7, 11) is 0. The van der Waals surface area contributed by atoms with Gasteiger partial charge in [0.2, 0.25) is 0 Å². The highest BCUT2D eigenvalue weighted by Crippen LogP contribution is 2.25. The van der Waals surface area contributed by atoms with E-state index in [0.29, 0.717) is 30.5 Å². The van der Waals surface area contributed by atoms with Crippen molar-refractivity contribution in [1.29, 1.82) is 0 Å². The lowest BCUT2D eigenvalue weighted by atomic mass is 10.1. The molecular formula is C21H22N6O2. The third-order valence-electron chi connectivity index (χ3n) is 4.49. The number of carbonyl (C=O) groups is 1. The summed E-state index contributed by atoms with van der Waals surface area (Å²) in [5.74, 6) is 0.696. The summed E-state index contributed by atoms with van der Waals surface area (Å²) in [6, 6.07) is 15.3. The van der Waals surface area contributed by atoms with Crippen molar-refractivity contribution < 1.29 is 9.32 Å². The molecule has 8 heteroatoms. The SMILES string of the molecule is CC(C)n1ncc2ccc(-c3nc(NCCNC(=O)c4ccccc4)no3)cc21. The molecule has 2 aromatic heterocycles. The van der Waals surface area contributed by atoms with Crippen molar-refractivity contribution in [2.75, 3.05) is 18.4 Å². The van der Waals surface area contributed by atoms with Crippen LogP contribution < -0.4 is 10.6 Å². The number of hydrogen-bond donors (Lipinski definition) is 2. The van der Waals surface area contributed by atoms with Crippen LogP contribution in [-0.4, -0.2) is 38.9 Å². The topological polar surface area (TPSA) is 97.9 Å².